The molecule has 13 atom stereocenters. The van der Waals surface area contributed by atoms with Gasteiger partial charge in [-0.3, -0.25) is 101 Å². The second kappa shape index (κ2) is 52.6. The van der Waals surface area contributed by atoms with Crippen molar-refractivity contribution in [2.75, 3.05) is 69.4 Å². The number of nitrogens with one attached hydrogen (secondary N) is 14. The molecule has 0 radical (unpaired) electrons. The van der Waals surface area contributed by atoms with Crippen LogP contribution in [-0.4, -0.2) is 292 Å². The number of aliphatic hydroxyl groups excluding tert-OH is 1. The molecular formula is C66H113N25O21S3. The topological polar surface area (TPSA) is 759 Å². The summed E-state index contributed by atoms with van der Waals surface area (Å²) in [6, 6.07) is -20.6. The van der Waals surface area contributed by atoms with Gasteiger partial charge in [-0.25, -0.2) is 0 Å². The summed E-state index contributed by atoms with van der Waals surface area (Å²) in [6.07, 6.45) is -0.680. The zero-order valence-electron chi connectivity index (χ0n) is 65.2. The van der Waals surface area contributed by atoms with Gasteiger partial charge in [-0.05, 0) is 101 Å². The van der Waals surface area contributed by atoms with Crippen LogP contribution in [0, 0.1) is 11.8 Å². The van der Waals surface area contributed by atoms with Crippen molar-refractivity contribution in [3.63, 3.8) is 0 Å². The SMILES string of the molecule is CSCC[C@@H]1NC(=O)[C@@H](NC(=O)[C@H](CC(C)C)NC(=O)CNC(=O)[C@H](CO)NC(=O)[C@H](CC(=O)O)NC(C)=O)CSSC[C@@H](C(=O)N[C@@H](CC(=O)O)C(=O)N2CCC[C@H]2C(=O)N[C@@H](CCCN=C(N)N)C(N)=O)NC(=O)CNC(=O)[C@H](CCCN=C(N)N)NC(=O)[C@H](CC(C)C)NC(=O)[C@H](CCCN=C(N)N)NC(=O)[C@H](C)NC1=O. The number of hydrogen-bond donors (Lipinski definition) is 24. The third-order valence-corrected chi connectivity index (χ3v) is 19.9. The molecular weight excluding hydrogens is 1580 g/mol. The molecule has 0 spiro atoms. The Bertz CT molecular complexity index is 3480. The lowest BCUT2D eigenvalue weighted by molar-refractivity contribution is -0.146. The number of guanidine groups is 3. The highest BCUT2D eigenvalue weighted by Gasteiger charge is 2.42. The number of nitrogens with two attached hydrogens (primary N) is 7. The maximum atomic E-state index is 14.9. The van der Waals surface area contributed by atoms with Gasteiger partial charge < -0.3 is 135 Å². The number of carbonyl (C=O) groups excluding carboxylic acids is 16. The molecule has 115 heavy (non-hydrogen) atoms. The second-order valence-electron chi connectivity index (χ2n) is 27.6. The zero-order chi connectivity index (χ0) is 86.8. The van der Waals surface area contributed by atoms with Gasteiger partial charge in [-0.1, -0.05) is 49.3 Å². The van der Waals surface area contributed by atoms with Crippen LogP contribution in [0.2, 0.25) is 0 Å². The van der Waals surface area contributed by atoms with Crippen molar-refractivity contribution < 1.29 is 102 Å². The number of nitrogens with zero attached hydrogens (tertiary/aromatic N) is 4. The Morgan fingerprint density at radius 1 is 0.574 bits per heavy atom. The lowest BCUT2D eigenvalue weighted by Crippen LogP contribution is -2.60. The van der Waals surface area contributed by atoms with Crippen molar-refractivity contribution in [2.24, 2.45) is 66.9 Å². The number of aliphatic imine (C=N–C) groups is 3. The van der Waals surface area contributed by atoms with Crippen LogP contribution >= 0.6 is 33.3 Å². The number of carbonyl (C=O) groups is 18. The van der Waals surface area contributed by atoms with Crippen LogP contribution in [0.5, 0.6) is 0 Å². The molecule has 646 valence electrons. The molecule has 0 aliphatic carbocycles. The largest absolute Gasteiger partial charge is 0.481 e. The van der Waals surface area contributed by atoms with E-state index in [-0.39, 0.29) is 126 Å². The summed E-state index contributed by atoms with van der Waals surface area (Å²) in [7, 11) is 1.47. The number of amides is 16. The van der Waals surface area contributed by atoms with Crippen molar-refractivity contribution >= 4 is 158 Å². The summed E-state index contributed by atoms with van der Waals surface area (Å²) in [5.41, 5.74) is 38.6. The van der Waals surface area contributed by atoms with Crippen molar-refractivity contribution in [1.29, 1.82) is 0 Å². The highest BCUT2D eigenvalue weighted by atomic mass is 33.1. The average Bonchev–Trinajstić information content (AvgIpc) is 1.65. The van der Waals surface area contributed by atoms with E-state index in [0.717, 1.165) is 33.4 Å². The lowest BCUT2D eigenvalue weighted by Gasteiger charge is -2.30. The second-order valence-corrected chi connectivity index (χ2v) is 31.1. The molecule has 46 nitrogen and oxygen atoms in total. The maximum absolute atomic E-state index is 14.9. The van der Waals surface area contributed by atoms with Crippen LogP contribution in [0.25, 0.3) is 0 Å². The Morgan fingerprint density at radius 2 is 1.10 bits per heavy atom. The van der Waals surface area contributed by atoms with Crippen LogP contribution in [-0.2, 0) is 86.3 Å². The molecule has 2 aliphatic heterocycles. The molecule has 31 N–H and O–H groups in total. The molecule has 0 aromatic rings. The highest BCUT2D eigenvalue weighted by molar-refractivity contribution is 8.76. The molecule has 16 amide bonds. The number of carboxylic acid groups (broad SMARTS) is 2. The predicted molar refractivity (Wildman–Crippen MR) is 423 cm³/mol. The van der Waals surface area contributed by atoms with Crippen molar-refractivity contribution in [1.82, 2.24) is 79.3 Å². The first-order valence-electron chi connectivity index (χ1n) is 36.8. The van der Waals surface area contributed by atoms with Crippen molar-refractivity contribution in [3.05, 3.63) is 0 Å². The standard InChI is InChI=1S/C66H113N25O21S3/c1-31(2)22-39(81-47(94)26-78-54(103)43(28-92)89-59(108)41(24-49(96)97)80-34(6)93)57(106)90-45-30-115-114-29-44(60(109)88-42(25-50(98)99)63(112)91-20-11-15-46(91)62(111)83-35(51(67)100)12-8-17-74-64(68)69)82-48(95)27-77-53(102)36(13-9-18-75-65(70)71)85-58(107)40(23-32(3)4)87-56(105)37(14-10-19-76-66(72)73)84-52(101)33(5)79-55(104)38(16-21-113-7)86-61(45)110/h31-33,35-46,92H,8-30H2,1-7H3,(H2,67,100)(H,77,102)(H,78,103)(H,79,104)(H,80,93)(H,81,94)(H,82,95)(H,83,111)(H,84,101)(H,85,107)(H,86,110)(H,87,105)(H,88,109)(H,89,108)(H,90,106)(H,96,97)(H,98,99)(H4,68,69,74)(H4,70,71,75)(H4,72,73,76)/t33-,35-,36-,37-,38-,39-,40-,41-,42-,43-,44-,45-,46-/m0/s1. The number of thioether (sulfide) groups is 1. The summed E-state index contributed by atoms with van der Waals surface area (Å²) >= 11 is 1.24. The van der Waals surface area contributed by atoms with E-state index in [1.807, 2.05) is 0 Å². The average molecular weight is 1690 g/mol. The van der Waals surface area contributed by atoms with Gasteiger partial charge in [0.1, 0.15) is 78.5 Å². The normalized spacial score (nSPS) is 20.9. The molecule has 0 aromatic heterocycles. The van der Waals surface area contributed by atoms with Gasteiger partial charge in [0.25, 0.3) is 0 Å². The minimum absolute atomic E-state index is 0.0000992. The van der Waals surface area contributed by atoms with E-state index in [4.69, 9.17) is 40.1 Å². The van der Waals surface area contributed by atoms with Gasteiger partial charge in [0.2, 0.25) is 94.5 Å². The van der Waals surface area contributed by atoms with Gasteiger partial charge in [-0.2, -0.15) is 11.8 Å². The van der Waals surface area contributed by atoms with Crippen LogP contribution in [0.4, 0.5) is 0 Å². The van der Waals surface area contributed by atoms with Crippen LogP contribution in [0.15, 0.2) is 15.0 Å². The number of hydrogen-bond acceptors (Lipinski definition) is 25. The van der Waals surface area contributed by atoms with E-state index in [9.17, 15) is 102 Å². The highest BCUT2D eigenvalue weighted by Crippen LogP contribution is 2.25. The molecule has 2 rings (SSSR count). The van der Waals surface area contributed by atoms with Gasteiger partial charge in [0.05, 0.1) is 32.5 Å². The minimum Gasteiger partial charge on any atom is -0.481 e. The number of primary amides is 1. The Labute approximate surface area is 675 Å². The Kier molecular flexibility index (Phi) is 45.9. The van der Waals surface area contributed by atoms with E-state index in [1.165, 1.54) is 18.7 Å². The lowest BCUT2D eigenvalue weighted by atomic mass is 10.0. The van der Waals surface area contributed by atoms with Crippen LogP contribution in [0.3, 0.4) is 0 Å². The summed E-state index contributed by atoms with van der Waals surface area (Å²) in [5.74, 6) is -22.0. The number of carboxylic acids is 2. The Hall–Kier alpha value is -10.7. The first kappa shape index (κ1) is 100. The predicted octanol–water partition coefficient (Wildman–Crippen LogP) is -10.1. The summed E-state index contributed by atoms with van der Waals surface area (Å²) in [4.78, 5) is 260. The smallest absolute Gasteiger partial charge is 0.305 e. The maximum Gasteiger partial charge on any atom is 0.305 e. The monoisotopic (exact) mass is 1690 g/mol. The number of likely N-dealkylation sites (tertiary alicyclic amines) is 1. The fourth-order valence-corrected chi connectivity index (χ4v) is 14.0. The Morgan fingerprint density at radius 3 is 1.66 bits per heavy atom. The van der Waals surface area contributed by atoms with Crippen LogP contribution < -0.4 is 115 Å². The molecule has 0 aromatic carbocycles. The fraction of sp³-hybridized carbons (Fsp3) is 0.682. The van der Waals surface area contributed by atoms with Gasteiger partial charge >= 0.3 is 11.9 Å². The van der Waals surface area contributed by atoms with Crippen LogP contribution in [0.1, 0.15) is 125 Å². The molecule has 0 saturated carbocycles. The van der Waals surface area contributed by atoms with E-state index in [1.54, 1.807) is 34.0 Å². The van der Waals surface area contributed by atoms with Gasteiger partial charge in [-0.15, -0.1) is 0 Å². The van der Waals surface area contributed by atoms with Crippen molar-refractivity contribution in [3.8, 4) is 0 Å². The van der Waals surface area contributed by atoms with Gasteiger partial charge in [0.15, 0.2) is 17.9 Å². The molecule has 2 saturated heterocycles. The van der Waals surface area contributed by atoms with E-state index >= 15 is 0 Å². The zero-order valence-corrected chi connectivity index (χ0v) is 67.6. The number of rotatable bonds is 39. The summed E-state index contributed by atoms with van der Waals surface area (Å²) < 4.78 is 0. The van der Waals surface area contributed by atoms with E-state index in [0.29, 0.717) is 0 Å². The first-order chi connectivity index (χ1) is 54.1. The third-order valence-electron chi connectivity index (χ3n) is 16.9. The molecule has 49 heteroatoms. The fourth-order valence-electron chi connectivity index (χ4n) is 11.2. The first-order valence-corrected chi connectivity index (χ1v) is 40.6. The molecule has 2 heterocycles. The molecule has 0 bridgehead atoms. The van der Waals surface area contributed by atoms with Crippen molar-refractivity contribution in [2.45, 2.75) is 204 Å². The minimum atomic E-state index is -1.98. The molecule has 2 fully saturated rings. The summed E-state index contributed by atoms with van der Waals surface area (Å²) in [6.45, 7) is 5.82. The number of aliphatic carboxylic acids is 2. The quantitative estimate of drug-likeness (QED) is 0.0118. The number of aliphatic hydroxyl groups is 1. The third kappa shape index (κ3) is 39.7. The van der Waals surface area contributed by atoms with Gasteiger partial charge in [0, 0.05) is 44.6 Å². The summed E-state index contributed by atoms with van der Waals surface area (Å²) in [5, 5.41) is 63.5. The van der Waals surface area contributed by atoms with E-state index in [2.05, 4.69) is 89.4 Å². The van der Waals surface area contributed by atoms with E-state index < -0.39 is 235 Å². The molecule has 2 aliphatic rings. The molecule has 0 unspecified atom stereocenters. The Balaban J connectivity index is 2.93.